The maximum Gasteiger partial charge on any atom is 0.251 e. The van der Waals surface area contributed by atoms with Crippen molar-refractivity contribution in [3.63, 3.8) is 0 Å². The third-order valence-electron chi connectivity index (χ3n) is 7.19. The molecule has 6 heteroatoms. The number of carbonyl (C=O) groups excluding carboxylic acids is 1. The highest BCUT2D eigenvalue weighted by molar-refractivity contribution is 6.01. The first kappa shape index (κ1) is 21.9. The van der Waals surface area contributed by atoms with E-state index in [9.17, 15) is 4.79 Å². The number of hydrogen-bond acceptors (Lipinski definition) is 4. The quantitative estimate of drug-likeness (QED) is 0.407. The van der Waals surface area contributed by atoms with Crippen molar-refractivity contribution in [2.24, 2.45) is 5.92 Å². The SMILES string of the molecule is Cc1cc(-c2n[nH]c3ccc(C(=O)NC(c4ccccc4)C4CC4)cc23)ccc1N1CCOCC1. The number of aromatic nitrogens is 2. The smallest absolute Gasteiger partial charge is 0.251 e. The maximum atomic E-state index is 13.3. The van der Waals surface area contributed by atoms with Crippen LogP contribution in [0.2, 0.25) is 0 Å². The molecule has 3 aromatic carbocycles. The number of aryl methyl sites for hydroxylation is 1. The Hall–Kier alpha value is -3.64. The van der Waals surface area contributed by atoms with Gasteiger partial charge in [0.2, 0.25) is 0 Å². The van der Waals surface area contributed by atoms with E-state index in [1.165, 1.54) is 16.8 Å². The highest BCUT2D eigenvalue weighted by Gasteiger charge is 2.33. The summed E-state index contributed by atoms with van der Waals surface area (Å²) in [6.07, 6.45) is 2.31. The Labute approximate surface area is 205 Å². The molecule has 2 N–H and O–H groups in total. The van der Waals surface area contributed by atoms with Gasteiger partial charge in [0.25, 0.3) is 5.91 Å². The van der Waals surface area contributed by atoms with Crippen molar-refractivity contribution < 1.29 is 9.53 Å². The normalized spacial score (nSPS) is 16.9. The Morgan fingerprint density at radius 3 is 2.60 bits per heavy atom. The fourth-order valence-electron chi connectivity index (χ4n) is 5.12. The second kappa shape index (κ2) is 9.19. The first-order valence-electron chi connectivity index (χ1n) is 12.4. The molecule has 2 heterocycles. The van der Waals surface area contributed by atoms with Crippen molar-refractivity contribution in [1.29, 1.82) is 0 Å². The standard InChI is InChI=1S/C29H30N4O2/c1-19-17-22(10-12-26(19)33-13-15-35-16-14-33)28-24-18-23(9-11-25(24)31-32-28)29(34)30-27(21-7-8-21)20-5-3-2-4-6-20/h2-6,9-12,17-18,21,27H,7-8,13-16H2,1H3,(H,30,34)(H,31,32). The van der Waals surface area contributed by atoms with Gasteiger partial charge in [-0.15, -0.1) is 0 Å². The zero-order chi connectivity index (χ0) is 23.8. The molecule has 1 saturated heterocycles. The lowest BCUT2D eigenvalue weighted by Gasteiger charge is -2.30. The molecule has 2 aliphatic rings. The molecule has 1 atom stereocenters. The Morgan fingerprint density at radius 1 is 1.06 bits per heavy atom. The molecule has 1 aliphatic carbocycles. The minimum absolute atomic E-state index is 0.0429. The summed E-state index contributed by atoms with van der Waals surface area (Å²) >= 11 is 0. The van der Waals surface area contributed by atoms with Gasteiger partial charge in [-0.3, -0.25) is 9.89 Å². The minimum atomic E-state index is -0.0429. The number of nitrogens with one attached hydrogen (secondary N) is 2. The summed E-state index contributed by atoms with van der Waals surface area (Å²) in [4.78, 5) is 15.7. The van der Waals surface area contributed by atoms with Crippen molar-refractivity contribution in [2.75, 3.05) is 31.2 Å². The predicted molar refractivity (Wildman–Crippen MR) is 139 cm³/mol. The number of ether oxygens (including phenoxy) is 1. The number of amides is 1. The topological polar surface area (TPSA) is 70.2 Å². The minimum Gasteiger partial charge on any atom is -0.378 e. The third-order valence-corrected chi connectivity index (χ3v) is 7.19. The second-order valence-electron chi connectivity index (χ2n) is 9.63. The van der Waals surface area contributed by atoms with Gasteiger partial charge in [0.15, 0.2) is 0 Å². The monoisotopic (exact) mass is 466 g/mol. The number of benzene rings is 3. The first-order chi connectivity index (χ1) is 17.2. The number of H-pyrrole nitrogens is 1. The van der Waals surface area contributed by atoms with Crippen molar-refractivity contribution in [1.82, 2.24) is 15.5 Å². The van der Waals surface area contributed by atoms with Crippen LogP contribution in [0.25, 0.3) is 22.2 Å². The molecule has 6 rings (SSSR count). The molecule has 1 saturated carbocycles. The summed E-state index contributed by atoms with van der Waals surface area (Å²) in [5, 5.41) is 12.0. The summed E-state index contributed by atoms with van der Waals surface area (Å²) in [6.45, 7) is 5.50. The molecule has 6 nitrogen and oxygen atoms in total. The van der Waals surface area contributed by atoms with Crippen molar-refractivity contribution in [2.45, 2.75) is 25.8 Å². The van der Waals surface area contributed by atoms with E-state index in [4.69, 9.17) is 4.74 Å². The predicted octanol–water partition coefficient (Wildman–Crippen LogP) is 5.26. The molecule has 0 bridgehead atoms. The average molecular weight is 467 g/mol. The molecular formula is C29H30N4O2. The van der Waals surface area contributed by atoms with E-state index < -0.39 is 0 Å². The van der Waals surface area contributed by atoms with Gasteiger partial charge in [0.05, 0.1) is 30.5 Å². The summed E-state index contributed by atoms with van der Waals surface area (Å²) < 4.78 is 5.50. The lowest BCUT2D eigenvalue weighted by molar-refractivity contribution is 0.0932. The Balaban J connectivity index is 1.28. The summed E-state index contributed by atoms with van der Waals surface area (Å²) in [5.41, 5.74) is 7.12. The lowest BCUT2D eigenvalue weighted by atomic mass is 10.0. The Bertz CT molecular complexity index is 1350. The average Bonchev–Trinajstić information content (AvgIpc) is 3.66. The van der Waals surface area contributed by atoms with E-state index >= 15 is 0 Å². The zero-order valence-electron chi connectivity index (χ0n) is 20.0. The van der Waals surface area contributed by atoms with Crippen LogP contribution in [0, 0.1) is 12.8 Å². The number of morpholine rings is 1. The number of nitrogens with zero attached hydrogens (tertiary/aromatic N) is 2. The number of anilines is 1. The van der Waals surface area contributed by atoms with Crippen LogP contribution >= 0.6 is 0 Å². The summed E-state index contributed by atoms with van der Waals surface area (Å²) in [6, 6.07) is 22.6. The third kappa shape index (κ3) is 4.42. The molecule has 2 fully saturated rings. The summed E-state index contributed by atoms with van der Waals surface area (Å²) in [5.74, 6) is 0.473. The van der Waals surface area contributed by atoms with E-state index in [0.717, 1.165) is 61.3 Å². The zero-order valence-corrected chi connectivity index (χ0v) is 20.0. The van der Waals surface area contributed by atoms with Gasteiger partial charge >= 0.3 is 0 Å². The Kier molecular flexibility index (Phi) is 5.74. The second-order valence-corrected chi connectivity index (χ2v) is 9.63. The van der Waals surface area contributed by atoms with Crippen LogP contribution in [0.5, 0.6) is 0 Å². The Morgan fingerprint density at radius 2 is 1.86 bits per heavy atom. The van der Waals surface area contributed by atoms with Crippen LogP contribution < -0.4 is 10.2 Å². The highest BCUT2D eigenvalue weighted by Crippen LogP contribution is 2.41. The van der Waals surface area contributed by atoms with E-state index in [0.29, 0.717) is 11.5 Å². The lowest BCUT2D eigenvalue weighted by Crippen LogP contribution is -2.36. The van der Waals surface area contributed by atoms with Gasteiger partial charge in [-0.1, -0.05) is 36.4 Å². The maximum absolute atomic E-state index is 13.3. The fourth-order valence-corrected chi connectivity index (χ4v) is 5.12. The number of aromatic amines is 1. The highest BCUT2D eigenvalue weighted by atomic mass is 16.5. The van der Waals surface area contributed by atoms with Gasteiger partial charge < -0.3 is 15.0 Å². The summed E-state index contributed by atoms with van der Waals surface area (Å²) in [7, 11) is 0. The van der Waals surface area contributed by atoms with Crippen molar-refractivity contribution >= 4 is 22.5 Å². The largest absolute Gasteiger partial charge is 0.378 e. The fraction of sp³-hybridized carbons (Fsp3) is 0.310. The van der Waals surface area contributed by atoms with Gasteiger partial charge in [-0.25, -0.2) is 0 Å². The molecule has 1 aliphatic heterocycles. The molecule has 178 valence electrons. The molecule has 0 radical (unpaired) electrons. The molecule has 35 heavy (non-hydrogen) atoms. The van der Waals surface area contributed by atoms with Gasteiger partial charge in [-0.2, -0.15) is 5.10 Å². The van der Waals surface area contributed by atoms with E-state index in [2.05, 4.69) is 57.7 Å². The number of rotatable bonds is 6. The number of fused-ring (bicyclic) bond motifs is 1. The van der Waals surface area contributed by atoms with Crippen LogP contribution in [0.4, 0.5) is 5.69 Å². The van der Waals surface area contributed by atoms with E-state index in [1.807, 2.05) is 36.4 Å². The van der Waals surface area contributed by atoms with Crippen molar-refractivity contribution in [3.8, 4) is 11.3 Å². The first-order valence-corrected chi connectivity index (χ1v) is 12.4. The molecule has 4 aromatic rings. The van der Waals surface area contributed by atoms with Crippen LogP contribution in [0.3, 0.4) is 0 Å². The van der Waals surface area contributed by atoms with Crippen LogP contribution in [0.1, 0.15) is 40.4 Å². The molecule has 0 spiro atoms. The molecule has 1 aromatic heterocycles. The van der Waals surface area contributed by atoms with Crippen molar-refractivity contribution in [3.05, 3.63) is 83.4 Å². The molecule has 1 amide bonds. The van der Waals surface area contributed by atoms with Gasteiger partial charge in [0, 0.05) is 35.3 Å². The van der Waals surface area contributed by atoms with E-state index in [1.54, 1.807) is 0 Å². The van der Waals surface area contributed by atoms with Crippen LogP contribution in [-0.2, 0) is 4.74 Å². The van der Waals surface area contributed by atoms with Crippen LogP contribution in [0.15, 0.2) is 66.7 Å². The number of carbonyl (C=O) groups is 1. The van der Waals surface area contributed by atoms with Gasteiger partial charge in [-0.05, 0) is 67.1 Å². The molecular weight excluding hydrogens is 436 g/mol. The number of hydrogen-bond donors (Lipinski definition) is 2. The molecule has 1 unspecified atom stereocenters. The van der Waals surface area contributed by atoms with Crippen LogP contribution in [-0.4, -0.2) is 42.4 Å². The van der Waals surface area contributed by atoms with E-state index in [-0.39, 0.29) is 11.9 Å². The van der Waals surface area contributed by atoms with Gasteiger partial charge in [0.1, 0.15) is 0 Å².